The molecular weight excluding hydrogens is 236 g/mol. The highest BCUT2D eigenvalue weighted by molar-refractivity contribution is 5.30. The molecule has 1 aromatic heterocycles. The lowest BCUT2D eigenvalue weighted by Crippen LogP contribution is -2.35. The van der Waals surface area contributed by atoms with Crippen LogP contribution < -0.4 is 10.2 Å². The van der Waals surface area contributed by atoms with E-state index in [0.29, 0.717) is 0 Å². The van der Waals surface area contributed by atoms with Crippen LogP contribution in [-0.2, 0) is 6.54 Å². The molecule has 1 saturated carbocycles. The first kappa shape index (κ1) is 14.3. The summed E-state index contributed by atoms with van der Waals surface area (Å²) >= 11 is 0. The number of nitrogens with zero attached hydrogens (tertiary/aromatic N) is 3. The van der Waals surface area contributed by atoms with Gasteiger partial charge in [0.1, 0.15) is 0 Å². The molecule has 1 aliphatic carbocycles. The van der Waals surface area contributed by atoms with Crippen molar-refractivity contribution < 1.29 is 0 Å². The van der Waals surface area contributed by atoms with Crippen LogP contribution in [0, 0.1) is 5.92 Å². The Bertz CT molecular complexity index is 390. The summed E-state index contributed by atoms with van der Waals surface area (Å²) in [5.41, 5.74) is 1.27. The van der Waals surface area contributed by atoms with Crippen molar-refractivity contribution in [2.24, 2.45) is 5.92 Å². The third-order valence-electron chi connectivity index (χ3n) is 3.35. The molecule has 0 radical (unpaired) electrons. The van der Waals surface area contributed by atoms with Gasteiger partial charge < -0.3 is 10.2 Å². The second-order valence-electron chi connectivity index (χ2n) is 6.48. The Balaban J connectivity index is 1.92. The van der Waals surface area contributed by atoms with Crippen molar-refractivity contribution in [3.05, 3.63) is 18.0 Å². The molecule has 2 rings (SSSR count). The molecule has 0 spiro atoms. The van der Waals surface area contributed by atoms with E-state index in [4.69, 9.17) is 0 Å². The van der Waals surface area contributed by atoms with Gasteiger partial charge in [0.05, 0.1) is 0 Å². The highest BCUT2D eigenvalue weighted by Crippen LogP contribution is 2.30. The molecule has 0 atom stereocenters. The van der Waals surface area contributed by atoms with Crippen LogP contribution in [0.4, 0.5) is 5.95 Å². The zero-order chi connectivity index (χ0) is 13.9. The van der Waals surface area contributed by atoms with E-state index in [-0.39, 0.29) is 5.54 Å². The van der Waals surface area contributed by atoms with Gasteiger partial charge in [-0.3, -0.25) is 0 Å². The Kier molecular flexibility index (Phi) is 4.40. The van der Waals surface area contributed by atoms with Gasteiger partial charge >= 0.3 is 0 Å². The van der Waals surface area contributed by atoms with E-state index in [1.165, 1.54) is 12.8 Å². The maximum Gasteiger partial charge on any atom is 0.225 e. The molecule has 1 fully saturated rings. The Hall–Kier alpha value is -1.16. The minimum absolute atomic E-state index is 0.125. The second-order valence-corrected chi connectivity index (χ2v) is 6.48. The van der Waals surface area contributed by atoms with E-state index in [1.807, 2.05) is 12.4 Å². The van der Waals surface area contributed by atoms with Crippen molar-refractivity contribution in [2.75, 3.05) is 18.0 Å². The van der Waals surface area contributed by atoms with Gasteiger partial charge in [-0.2, -0.15) is 0 Å². The van der Waals surface area contributed by atoms with E-state index in [9.17, 15) is 0 Å². The monoisotopic (exact) mass is 262 g/mol. The van der Waals surface area contributed by atoms with E-state index >= 15 is 0 Å². The van der Waals surface area contributed by atoms with Crippen molar-refractivity contribution in [3.8, 4) is 0 Å². The summed E-state index contributed by atoms with van der Waals surface area (Å²) in [7, 11) is 0. The van der Waals surface area contributed by atoms with E-state index in [0.717, 1.165) is 37.1 Å². The molecule has 19 heavy (non-hydrogen) atoms. The SMILES string of the molecule is CCN(CC1CC1)c1ncc(CNC(C)(C)C)cn1. The smallest absolute Gasteiger partial charge is 0.225 e. The molecule has 1 heterocycles. The number of nitrogens with one attached hydrogen (secondary N) is 1. The van der Waals surface area contributed by atoms with Crippen LogP contribution in [-0.4, -0.2) is 28.6 Å². The summed E-state index contributed by atoms with van der Waals surface area (Å²) in [6.07, 6.45) is 6.61. The molecule has 0 aliphatic heterocycles. The second kappa shape index (κ2) is 5.87. The van der Waals surface area contributed by atoms with Crippen LogP contribution in [0.1, 0.15) is 46.1 Å². The predicted octanol–water partition coefficient (Wildman–Crippen LogP) is 2.60. The maximum absolute atomic E-state index is 4.51. The Morgan fingerprint density at radius 1 is 1.26 bits per heavy atom. The summed E-state index contributed by atoms with van der Waals surface area (Å²) in [6.45, 7) is 11.6. The predicted molar refractivity (Wildman–Crippen MR) is 79.2 cm³/mol. The van der Waals surface area contributed by atoms with Gasteiger partial charge in [0, 0.05) is 43.1 Å². The van der Waals surface area contributed by atoms with Gasteiger partial charge in [-0.25, -0.2) is 9.97 Å². The van der Waals surface area contributed by atoms with Crippen LogP contribution in [0.3, 0.4) is 0 Å². The van der Waals surface area contributed by atoms with Gasteiger partial charge in [0.15, 0.2) is 0 Å². The van der Waals surface area contributed by atoms with Crippen molar-refractivity contribution >= 4 is 5.95 Å². The zero-order valence-electron chi connectivity index (χ0n) is 12.6. The lowest BCUT2D eigenvalue weighted by Gasteiger charge is -2.22. The zero-order valence-corrected chi connectivity index (χ0v) is 12.6. The molecule has 0 unspecified atom stereocenters. The lowest BCUT2D eigenvalue weighted by molar-refractivity contribution is 0.423. The van der Waals surface area contributed by atoms with Gasteiger partial charge in [0.2, 0.25) is 5.95 Å². The highest BCUT2D eigenvalue weighted by atomic mass is 15.2. The van der Waals surface area contributed by atoms with Gasteiger partial charge in [-0.15, -0.1) is 0 Å². The minimum Gasteiger partial charge on any atom is -0.341 e. The quantitative estimate of drug-likeness (QED) is 0.855. The van der Waals surface area contributed by atoms with Crippen LogP contribution in [0.25, 0.3) is 0 Å². The third kappa shape index (κ3) is 4.78. The third-order valence-corrected chi connectivity index (χ3v) is 3.35. The fourth-order valence-corrected chi connectivity index (χ4v) is 1.93. The average molecular weight is 262 g/mol. The maximum atomic E-state index is 4.51. The van der Waals surface area contributed by atoms with Crippen LogP contribution in [0.5, 0.6) is 0 Å². The Morgan fingerprint density at radius 3 is 2.37 bits per heavy atom. The number of rotatable bonds is 6. The Morgan fingerprint density at radius 2 is 1.89 bits per heavy atom. The van der Waals surface area contributed by atoms with E-state index in [2.05, 4.69) is 47.9 Å². The number of anilines is 1. The molecule has 106 valence electrons. The summed E-state index contributed by atoms with van der Waals surface area (Å²) < 4.78 is 0. The summed E-state index contributed by atoms with van der Waals surface area (Å²) in [5.74, 6) is 1.74. The fourth-order valence-electron chi connectivity index (χ4n) is 1.93. The summed E-state index contributed by atoms with van der Waals surface area (Å²) in [6, 6.07) is 0. The molecule has 0 saturated heterocycles. The first-order chi connectivity index (χ1) is 8.98. The molecule has 1 aromatic rings. The molecule has 4 heteroatoms. The molecule has 0 amide bonds. The summed E-state index contributed by atoms with van der Waals surface area (Å²) in [4.78, 5) is 11.3. The molecule has 4 nitrogen and oxygen atoms in total. The van der Waals surface area contributed by atoms with Crippen molar-refractivity contribution in [3.63, 3.8) is 0 Å². The molecule has 0 bridgehead atoms. The normalized spacial score (nSPS) is 15.6. The molecule has 1 aliphatic rings. The van der Waals surface area contributed by atoms with Crippen LogP contribution >= 0.6 is 0 Å². The van der Waals surface area contributed by atoms with Crippen molar-refractivity contribution in [1.82, 2.24) is 15.3 Å². The fraction of sp³-hybridized carbons (Fsp3) is 0.733. The number of hydrogen-bond acceptors (Lipinski definition) is 4. The van der Waals surface area contributed by atoms with E-state index in [1.54, 1.807) is 0 Å². The van der Waals surface area contributed by atoms with E-state index < -0.39 is 0 Å². The first-order valence-electron chi connectivity index (χ1n) is 7.29. The van der Waals surface area contributed by atoms with Crippen LogP contribution in [0.15, 0.2) is 12.4 Å². The minimum atomic E-state index is 0.125. The van der Waals surface area contributed by atoms with Crippen molar-refractivity contribution in [1.29, 1.82) is 0 Å². The first-order valence-corrected chi connectivity index (χ1v) is 7.29. The molecular formula is C15H26N4. The van der Waals surface area contributed by atoms with Gasteiger partial charge in [-0.1, -0.05) is 0 Å². The summed E-state index contributed by atoms with van der Waals surface area (Å²) in [5, 5.41) is 3.45. The standard InChI is InChI=1S/C15H26N4/c1-5-19(11-12-6-7-12)14-16-8-13(9-17-14)10-18-15(2,3)4/h8-9,12,18H,5-7,10-11H2,1-4H3. The van der Waals surface area contributed by atoms with Gasteiger partial charge in [-0.05, 0) is 46.5 Å². The Labute approximate surface area is 116 Å². The molecule has 0 aromatic carbocycles. The average Bonchev–Trinajstić information content (AvgIpc) is 3.17. The largest absolute Gasteiger partial charge is 0.341 e. The topological polar surface area (TPSA) is 41.1 Å². The van der Waals surface area contributed by atoms with Crippen LogP contribution in [0.2, 0.25) is 0 Å². The van der Waals surface area contributed by atoms with Gasteiger partial charge in [0.25, 0.3) is 0 Å². The lowest BCUT2D eigenvalue weighted by atomic mass is 10.1. The van der Waals surface area contributed by atoms with Crippen molar-refractivity contribution in [2.45, 2.75) is 52.6 Å². The number of hydrogen-bond donors (Lipinski definition) is 1. The highest BCUT2D eigenvalue weighted by Gasteiger charge is 2.24. The number of aromatic nitrogens is 2. The molecule has 1 N–H and O–H groups in total.